The summed E-state index contributed by atoms with van der Waals surface area (Å²) >= 11 is 5.89. The zero-order valence-electron chi connectivity index (χ0n) is 16.3. The molecule has 0 aromatic heterocycles. The lowest BCUT2D eigenvalue weighted by Gasteiger charge is -2.12. The summed E-state index contributed by atoms with van der Waals surface area (Å²) < 4.78 is 5.80. The Morgan fingerprint density at radius 2 is 1.79 bits per heavy atom. The molecule has 148 valence electrons. The molecule has 1 amide bonds. The topological polar surface area (TPSA) is 53.9 Å². The minimum absolute atomic E-state index is 0.262. The number of anilines is 1. The molecule has 0 heterocycles. The molecule has 6 heteroatoms. The number of carbonyl (C=O) groups is 1. The fourth-order valence-electron chi connectivity index (χ4n) is 2.57. The van der Waals surface area contributed by atoms with E-state index in [2.05, 4.69) is 10.5 Å². The van der Waals surface area contributed by atoms with Crippen LogP contribution in [0.4, 0.5) is 5.69 Å². The lowest BCUT2D eigenvalue weighted by molar-refractivity contribution is 0.0955. The molecule has 0 unspecified atom stereocenters. The smallest absolute Gasteiger partial charge is 0.271 e. The summed E-state index contributed by atoms with van der Waals surface area (Å²) in [5.74, 6) is 0.455. The summed E-state index contributed by atoms with van der Waals surface area (Å²) in [6.07, 6.45) is 1.58. The molecule has 0 saturated heterocycles. The largest absolute Gasteiger partial charge is 0.489 e. The number of halogens is 1. The molecule has 29 heavy (non-hydrogen) atoms. The number of ether oxygens (including phenoxy) is 1. The van der Waals surface area contributed by atoms with Gasteiger partial charge in [0, 0.05) is 30.4 Å². The van der Waals surface area contributed by atoms with Crippen molar-refractivity contribution in [1.82, 2.24) is 5.43 Å². The van der Waals surface area contributed by atoms with Crippen LogP contribution in [0.1, 0.15) is 21.5 Å². The van der Waals surface area contributed by atoms with Crippen molar-refractivity contribution >= 4 is 29.4 Å². The van der Waals surface area contributed by atoms with E-state index in [4.69, 9.17) is 16.3 Å². The van der Waals surface area contributed by atoms with Gasteiger partial charge in [-0.05, 0) is 59.7 Å². The number of benzene rings is 3. The molecule has 0 radical (unpaired) electrons. The van der Waals surface area contributed by atoms with Crippen LogP contribution in [0.2, 0.25) is 5.02 Å². The highest BCUT2D eigenvalue weighted by Gasteiger charge is 2.04. The Balaban J connectivity index is 1.55. The van der Waals surface area contributed by atoms with Crippen molar-refractivity contribution < 1.29 is 9.53 Å². The first-order valence-electron chi connectivity index (χ1n) is 9.09. The zero-order valence-corrected chi connectivity index (χ0v) is 17.1. The number of rotatable bonds is 7. The van der Waals surface area contributed by atoms with Gasteiger partial charge in [-0.2, -0.15) is 5.10 Å². The fourth-order valence-corrected chi connectivity index (χ4v) is 2.70. The van der Waals surface area contributed by atoms with Crippen LogP contribution in [0.25, 0.3) is 0 Å². The van der Waals surface area contributed by atoms with Crippen LogP contribution >= 0.6 is 11.6 Å². The summed E-state index contributed by atoms with van der Waals surface area (Å²) in [5.41, 5.74) is 5.97. The van der Waals surface area contributed by atoms with Crippen molar-refractivity contribution in [1.29, 1.82) is 0 Å². The van der Waals surface area contributed by atoms with E-state index in [0.29, 0.717) is 17.2 Å². The Morgan fingerprint density at radius 3 is 2.48 bits per heavy atom. The van der Waals surface area contributed by atoms with E-state index in [9.17, 15) is 4.79 Å². The number of nitrogens with zero attached hydrogens (tertiary/aromatic N) is 2. The Labute approximate surface area is 175 Å². The highest BCUT2D eigenvalue weighted by Crippen LogP contribution is 2.16. The maximum atomic E-state index is 12.2. The standard InChI is InChI=1S/C23H22ClN3O2/c1-27(2)21-12-8-19(9-13-21)23(28)26-25-15-18-4-3-5-22(14-18)29-16-17-6-10-20(24)11-7-17/h3-15H,16H2,1-2H3,(H,26,28)/b25-15-. The number of carbonyl (C=O) groups excluding carboxylic acids is 1. The van der Waals surface area contributed by atoms with E-state index in [1.165, 1.54) is 0 Å². The molecule has 3 rings (SSSR count). The molecule has 3 aromatic rings. The Kier molecular flexibility index (Phi) is 6.87. The normalized spacial score (nSPS) is 10.7. The van der Waals surface area contributed by atoms with Crippen LogP contribution in [0.5, 0.6) is 5.75 Å². The molecule has 0 aliphatic rings. The predicted octanol–water partition coefficient (Wildman–Crippen LogP) is 4.75. The summed E-state index contributed by atoms with van der Waals surface area (Å²) in [5, 5.41) is 4.74. The quantitative estimate of drug-likeness (QED) is 0.454. The SMILES string of the molecule is CN(C)c1ccc(C(=O)N/N=C\c2cccc(OCc3ccc(Cl)cc3)c2)cc1. The Morgan fingerprint density at radius 1 is 1.07 bits per heavy atom. The van der Waals surface area contributed by atoms with E-state index in [1.54, 1.807) is 18.3 Å². The van der Waals surface area contributed by atoms with Crippen LogP contribution in [0, 0.1) is 0 Å². The van der Waals surface area contributed by atoms with E-state index in [-0.39, 0.29) is 5.91 Å². The van der Waals surface area contributed by atoms with Crippen molar-refractivity contribution in [3.05, 3.63) is 94.5 Å². The monoisotopic (exact) mass is 407 g/mol. The second kappa shape index (κ2) is 9.75. The van der Waals surface area contributed by atoms with Gasteiger partial charge in [-0.15, -0.1) is 0 Å². The van der Waals surface area contributed by atoms with Gasteiger partial charge in [-0.1, -0.05) is 35.9 Å². The third kappa shape index (κ3) is 6.09. The second-order valence-corrected chi connectivity index (χ2v) is 7.06. The molecule has 0 atom stereocenters. The van der Waals surface area contributed by atoms with Crippen molar-refractivity contribution in [2.45, 2.75) is 6.61 Å². The van der Waals surface area contributed by atoms with E-state index >= 15 is 0 Å². The maximum Gasteiger partial charge on any atom is 0.271 e. The summed E-state index contributed by atoms with van der Waals surface area (Å²) in [6, 6.07) is 22.3. The van der Waals surface area contributed by atoms with Gasteiger partial charge in [0.2, 0.25) is 0 Å². The first kappa shape index (κ1) is 20.4. The van der Waals surface area contributed by atoms with Gasteiger partial charge in [-0.3, -0.25) is 4.79 Å². The first-order valence-corrected chi connectivity index (χ1v) is 9.47. The van der Waals surface area contributed by atoms with Gasteiger partial charge in [-0.25, -0.2) is 5.43 Å². The third-order valence-corrected chi connectivity index (χ3v) is 4.45. The van der Waals surface area contributed by atoms with Gasteiger partial charge in [0.1, 0.15) is 12.4 Å². The molecular weight excluding hydrogens is 386 g/mol. The number of hydrogen-bond acceptors (Lipinski definition) is 4. The number of hydrogen-bond donors (Lipinski definition) is 1. The number of hydrazone groups is 1. The van der Waals surface area contributed by atoms with Crippen molar-refractivity contribution in [3.8, 4) is 5.75 Å². The molecule has 0 aliphatic heterocycles. The van der Waals surface area contributed by atoms with E-state index in [0.717, 1.165) is 22.6 Å². The highest BCUT2D eigenvalue weighted by molar-refractivity contribution is 6.30. The van der Waals surface area contributed by atoms with Crippen LogP contribution in [-0.2, 0) is 6.61 Å². The molecule has 3 aromatic carbocycles. The molecule has 5 nitrogen and oxygen atoms in total. The van der Waals surface area contributed by atoms with Gasteiger partial charge in [0.25, 0.3) is 5.91 Å². The molecule has 0 fully saturated rings. The Hall–Kier alpha value is -3.31. The maximum absolute atomic E-state index is 12.2. The van der Waals surface area contributed by atoms with Crippen LogP contribution in [-0.4, -0.2) is 26.2 Å². The zero-order chi connectivity index (χ0) is 20.6. The van der Waals surface area contributed by atoms with Crippen molar-refractivity contribution in [3.63, 3.8) is 0 Å². The molecule has 1 N–H and O–H groups in total. The molecule has 0 saturated carbocycles. The van der Waals surface area contributed by atoms with Crippen LogP contribution in [0.15, 0.2) is 77.9 Å². The minimum atomic E-state index is -0.262. The van der Waals surface area contributed by atoms with Crippen molar-refractivity contribution in [2.75, 3.05) is 19.0 Å². The van der Waals surface area contributed by atoms with Crippen molar-refractivity contribution in [2.24, 2.45) is 5.10 Å². The predicted molar refractivity (Wildman–Crippen MR) is 118 cm³/mol. The lowest BCUT2D eigenvalue weighted by Crippen LogP contribution is -2.17. The Bertz CT molecular complexity index is 984. The molecule has 0 aliphatic carbocycles. The number of nitrogens with one attached hydrogen (secondary N) is 1. The average molecular weight is 408 g/mol. The van der Waals surface area contributed by atoms with Gasteiger partial charge in [0.15, 0.2) is 0 Å². The fraction of sp³-hybridized carbons (Fsp3) is 0.130. The van der Waals surface area contributed by atoms with Gasteiger partial charge >= 0.3 is 0 Å². The average Bonchev–Trinajstić information content (AvgIpc) is 2.73. The van der Waals surface area contributed by atoms with E-state index in [1.807, 2.05) is 79.7 Å². The van der Waals surface area contributed by atoms with E-state index < -0.39 is 0 Å². The van der Waals surface area contributed by atoms with Gasteiger partial charge < -0.3 is 9.64 Å². The first-order chi connectivity index (χ1) is 14.0. The molecule has 0 bridgehead atoms. The lowest BCUT2D eigenvalue weighted by atomic mass is 10.2. The third-order valence-electron chi connectivity index (χ3n) is 4.20. The van der Waals surface area contributed by atoms with Gasteiger partial charge in [0.05, 0.1) is 6.21 Å². The second-order valence-electron chi connectivity index (χ2n) is 6.63. The summed E-state index contributed by atoms with van der Waals surface area (Å²) in [4.78, 5) is 14.2. The summed E-state index contributed by atoms with van der Waals surface area (Å²) in [7, 11) is 3.90. The molecular formula is C23H22ClN3O2. The highest BCUT2D eigenvalue weighted by atomic mass is 35.5. The van der Waals surface area contributed by atoms with Crippen LogP contribution < -0.4 is 15.1 Å². The molecule has 0 spiro atoms. The summed E-state index contributed by atoms with van der Waals surface area (Å²) in [6.45, 7) is 0.442. The minimum Gasteiger partial charge on any atom is -0.489 e. The van der Waals surface area contributed by atoms with Crippen LogP contribution in [0.3, 0.4) is 0 Å². The number of amides is 1.